The smallest absolute Gasteiger partial charge is 0.328 e. The number of thiol groups is 1. The lowest BCUT2D eigenvalue weighted by Crippen LogP contribution is -2.59. The van der Waals surface area contributed by atoms with Gasteiger partial charge in [-0.1, -0.05) is 0 Å². The number of nitrogens with two attached hydrogens (primary N) is 2. The molecule has 0 bridgehead atoms. The lowest BCUT2D eigenvalue weighted by molar-refractivity contribution is -0.145. The van der Waals surface area contributed by atoms with Crippen molar-refractivity contribution in [1.29, 1.82) is 0 Å². The van der Waals surface area contributed by atoms with Crippen LogP contribution >= 0.6 is 12.6 Å². The molecule has 1 rings (SSSR count). The van der Waals surface area contributed by atoms with E-state index < -0.39 is 66.3 Å². The molecule has 0 aliphatic carbocycles. The summed E-state index contributed by atoms with van der Waals surface area (Å²) in [4.78, 5) is 66.2. The maximum atomic E-state index is 12.8. The molecule has 0 aliphatic heterocycles. The first kappa shape index (κ1) is 26.9. The molecule has 0 aromatic carbocycles. The van der Waals surface area contributed by atoms with Crippen LogP contribution in [-0.4, -0.2) is 85.8 Å². The molecule has 4 amide bonds. The fraction of sp³-hybridized carbons (Fsp3) is 0.529. The van der Waals surface area contributed by atoms with Gasteiger partial charge in [-0.3, -0.25) is 19.2 Å². The van der Waals surface area contributed by atoms with Crippen LogP contribution in [0.25, 0.3) is 0 Å². The molecule has 0 saturated carbocycles. The molecule has 0 saturated heterocycles. The summed E-state index contributed by atoms with van der Waals surface area (Å²) in [6.45, 7) is 1.18. The van der Waals surface area contributed by atoms with E-state index in [1.807, 2.05) is 0 Å². The molecule has 1 aromatic heterocycles. The molecule has 0 fully saturated rings. The van der Waals surface area contributed by atoms with Crippen molar-refractivity contribution < 1.29 is 34.2 Å². The number of aliphatic hydroxyl groups is 1. The Balaban J connectivity index is 2.94. The van der Waals surface area contributed by atoms with Crippen LogP contribution in [0.1, 0.15) is 19.0 Å². The number of primary amides is 1. The highest BCUT2D eigenvalue weighted by Crippen LogP contribution is 2.03. The number of amides is 4. The normalized spacial score (nSPS) is 15.5. The molecule has 5 atom stereocenters. The van der Waals surface area contributed by atoms with Crippen LogP contribution in [0.5, 0.6) is 0 Å². The van der Waals surface area contributed by atoms with Gasteiger partial charge in [0.2, 0.25) is 23.6 Å². The van der Waals surface area contributed by atoms with Crippen LogP contribution < -0.4 is 27.4 Å². The lowest BCUT2D eigenvalue weighted by atomic mass is 10.1. The molecule has 0 aliphatic rings. The number of aromatic amines is 1. The van der Waals surface area contributed by atoms with Gasteiger partial charge < -0.3 is 42.6 Å². The molecule has 0 spiro atoms. The van der Waals surface area contributed by atoms with E-state index in [1.165, 1.54) is 19.4 Å². The number of nitrogens with zero attached hydrogens (tertiary/aromatic N) is 1. The van der Waals surface area contributed by atoms with Crippen molar-refractivity contribution >= 4 is 42.2 Å². The number of aliphatic carboxylic acids is 1. The Labute approximate surface area is 188 Å². The number of hydrogen-bond donors (Lipinski definition) is 9. The van der Waals surface area contributed by atoms with Gasteiger partial charge in [0.1, 0.15) is 12.1 Å². The van der Waals surface area contributed by atoms with E-state index in [0.29, 0.717) is 5.69 Å². The minimum Gasteiger partial charge on any atom is -0.480 e. The molecule has 178 valence electrons. The van der Waals surface area contributed by atoms with E-state index >= 15 is 0 Å². The fourth-order valence-electron chi connectivity index (χ4n) is 2.52. The van der Waals surface area contributed by atoms with E-state index in [9.17, 15) is 29.1 Å². The highest BCUT2D eigenvalue weighted by atomic mass is 32.1. The number of carbonyl (C=O) groups excluding carboxylic acids is 4. The zero-order valence-corrected chi connectivity index (χ0v) is 18.0. The number of nitrogens with one attached hydrogen (secondary N) is 4. The van der Waals surface area contributed by atoms with E-state index in [0.717, 1.165) is 0 Å². The van der Waals surface area contributed by atoms with E-state index in [1.54, 1.807) is 0 Å². The topological polar surface area (TPSA) is 243 Å². The van der Waals surface area contributed by atoms with Crippen molar-refractivity contribution in [2.45, 2.75) is 50.0 Å². The zero-order valence-electron chi connectivity index (χ0n) is 17.1. The van der Waals surface area contributed by atoms with E-state index in [-0.39, 0.29) is 12.2 Å². The number of imidazole rings is 1. The average molecular weight is 474 g/mol. The molecule has 1 heterocycles. The Morgan fingerprint density at radius 3 is 2.19 bits per heavy atom. The molecular weight excluding hydrogens is 446 g/mol. The fourth-order valence-corrected chi connectivity index (χ4v) is 2.78. The maximum absolute atomic E-state index is 12.8. The van der Waals surface area contributed by atoms with Crippen molar-refractivity contribution in [3.05, 3.63) is 18.2 Å². The van der Waals surface area contributed by atoms with Crippen LogP contribution in [-0.2, 0) is 30.4 Å². The molecule has 32 heavy (non-hydrogen) atoms. The average Bonchev–Trinajstić information content (AvgIpc) is 3.21. The second kappa shape index (κ2) is 12.6. The van der Waals surface area contributed by atoms with Crippen LogP contribution in [0.3, 0.4) is 0 Å². The second-order valence-corrected chi connectivity index (χ2v) is 7.29. The van der Waals surface area contributed by atoms with Gasteiger partial charge in [-0.2, -0.15) is 12.6 Å². The van der Waals surface area contributed by atoms with Crippen LogP contribution in [0.4, 0.5) is 0 Å². The highest BCUT2D eigenvalue weighted by molar-refractivity contribution is 7.80. The molecule has 10 N–H and O–H groups in total. The van der Waals surface area contributed by atoms with Gasteiger partial charge in [0.15, 0.2) is 6.04 Å². The quantitative estimate of drug-likeness (QED) is 0.127. The van der Waals surface area contributed by atoms with E-state index in [2.05, 4.69) is 38.5 Å². The number of H-pyrrole nitrogens is 1. The molecule has 0 radical (unpaired) electrons. The summed E-state index contributed by atoms with van der Waals surface area (Å²) in [5.41, 5.74) is 11.1. The Kier molecular flexibility index (Phi) is 10.6. The van der Waals surface area contributed by atoms with Gasteiger partial charge in [0.25, 0.3) is 0 Å². The number of rotatable bonds is 13. The summed E-state index contributed by atoms with van der Waals surface area (Å²) in [5.74, 6) is -5.02. The molecule has 1 aromatic rings. The van der Waals surface area contributed by atoms with Gasteiger partial charge in [0.05, 0.1) is 24.9 Å². The predicted molar refractivity (Wildman–Crippen MR) is 113 cm³/mol. The first-order chi connectivity index (χ1) is 15.0. The molecule has 15 heteroatoms. The monoisotopic (exact) mass is 473 g/mol. The summed E-state index contributed by atoms with van der Waals surface area (Å²) in [6.07, 6.45) is 0.872. The van der Waals surface area contributed by atoms with Crippen LogP contribution in [0, 0.1) is 0 Å². The molecular formula is C17H27N7O7S. The van der Waals surface area contributed by atoms with E-state index in [4.69, 9.17) is 16.6 Å². The Bertz CT molecular complexity index is 818. The SMILES string of the molecule is CC(O)C(NC(=O)C(CS)NC(=O)C(Cc1cnc[nH]1)NC(=O)C(N)CC(N)=O)C(=O)O. The lowest BCUT2D eigenvalue weighted by Gasteiger charge is -2.24. The standard InChI is InChI=1S/C17H27N7O7S/c1-7(25)13(17(30)31)24-16(29)11(5-32)23-15(28)10(2-8-4-20-6-21-8)22-14(27)9(18)3-12(19)26/h4,6-7,9-11,13,25,32H,2-3,5,18H2,1H3,(H2,19,26)(H,20,21)(H,22,27)(H,23,28)(H,24,29)(H,30,31). The number of aromatic nitrogens is 2. The first-order valence-corrected chi connectivity index (χ1v) is 10.0. The highest BCUT2D eigenvalue weighted by Gasteiger charge is 2.31. The van der Waals surface area contributed by atoms with Crippen LogP contribution in [0.2, 0.25) is 0 Å². The van der Waals surface area contributed by atoms with Gasteiger partial charge in [0, 0.05) is 24.1 Å². The minimum absolute atomic E-state index is 0.0623. The largest absolute Gasteiger partial charge is 0.480 e. The second-order valence-electron chi connectivity index (χ2n) is 6.93. The summed E-state index contributed by atoms with van der Waals surface area (Å²) in [6, 6.07) is -5.42. The Hall–Kier alpha value is -3.17. The predicted octanol–water partition coefficient (Wildman–Crippen LogP) is -4.00. The van der Waals surface area contributed by atoms with Crippen molar-refractivity contribution in [2.24, 2.45) is 11.5 Å². The van der Waals surface area contributed by atoms with Crippen LogP contribution in [0.15, 0.2) is 12.5 Å². The number of carboxylic acid groups (broad SMARTS) is 1. The van der Waals surface area contributed by atoms with Gasteiger partial charge >= 0.3 is 5.97 Å². The van der Waals surface area contributed by atoms with Gasteiger partial charge in [-0.25, -0.2) is 9.78 Å². The molecule has 14 nitrogen and oxygen atoms in total. The summed E-state index contributed by atoms with van der Waals surface area (Å²) >= 11 is 3.99. The van der Waals surface area contributed by atoms with Gasteiger partial charge in [-0.05, 0) is 6.92 Å². The summed E-state index contributed by atoms with van der Waals surface area (Å²) in [7, 11) is 0. The third-order valence-electron chi connectivity index (χ3n) is 4.23. The van der Waals surface area contributed by atoms with Crippen molar-refractivity contribution in [1.82, 2.24) is 25.9 Å². The zero-order chi connectivity index (χ0) is 24.4. The number of aliphatic hydroxyl groups excluding tert-OH is 1. The number of carbonyl (C=O) groups is 5. The number of carboxylic acids is 1. The minimum atomic E-state index is -1.60. The number of hydrogen-bond acceptors (Lipinski definition) is 9. The molecule has 5 unspecified atom stereocenters. The third kappa shape index (κ3) is 8.52. The summed E-state index contributed by atoms with van der Waals surface area (Å²) in [5, 5.41) is 25.5. The van der Waals surface area contributed by atoms with Gasteiger partial charge in [-0.15, -0.1) is 0 Å². The Morgan fingerprint density at radius 2 is 1.72 bits per heavy atom. The maximum Gasteiger partial charge on any atom is 0.328 e. The summed E-state index contributed by atoms with van der Waals surface area (Å²) < 4.78 is 0. The van der Waals surface area contributed by atoms with Crippen molar-refractivity contribution in [2.75, 3.05) is 5.75 Å². The van der Waals surface area contributed by atoms with Crippen molar-refractivity contribution in [3.63, 3.8) is 0 Å². The van der Waals surface area contributed by atoms with Crippen molar-refractivity contribution in [3.8, 4) is 0 Å². The first-order valence-electron chi connectivity index (χ1n) is 9.40. The Morgan fingerprint density at radius 1 is 1.12 bits per heavy atom. The third-order valence-corrected chi connectivity index (χ3v) is 4.60.